The number of imidazole rings is 1. The quantitative estimate of drug-likeness (QED) is 0.730. The van der Waals surface area contributed by atoms with Crippen LogP contribution < -0.4 is 5.32 Å². The number of rotatable bonds is 4. The topological polar surface area (TPSA) is 29.9 Å². The molecule has 1 rings (SSSR count). The van der Waals surface area contributed by atoms with Crippen molar-refractivity contribution in [2.24, 2.45) is 7.05 Å². The minimum atomic E-state index is 0.182. The lowest BCUT2D eigenvalue weighted by atomic mass is 10.3. The molecule has 3 nitrogen and oxygen atoms in total. The molecule has 1 aromatic rings. The van der Waals surface area contributed by atoms with Crippen molar-refractivity contribution in [2.75, 3.05) is 11.9 Å². The number of alkyl halides is 1. The number of anilines is 1. The van der Waals surface area contributed by atoms with Crippen LogP contribution in [-0.4, -0.2) is 21.5 Å². The fraction of sp³-hybridized carbons (Fsp3) is 0.625. The van der Waals surface area contributed by atoms with E-state index in [1.165, 1.54) is 0 Å². The standard InChI is InChI=1S/C8H14ClN3/c1-3-7(9)6-11-8-10-4-5-12(8)2/h4-5,7H,3,6H2,1-2H3,(H,10,11). The van der Waals surface area contributed by atoms with Gasteiger partial charge in [0.25, 0.3) is 0 Å². The second-order valence-electron chi connectivity index (χ2n) is 2.75. The SMILES string of the molecule is CCC(Cl)CNc1nccn1C. The predicted molar refractivity (Wildman–Crippen MR) is 51.6 cm³/mol. The Morgan fingerprint density at radius 1 is 1.75 bits per heavy atom. The van der Waals surface area contributed by atoms with Crippen LogP contribution in [0.4, 0.5) is 5.95 Å². The number of nitrogens with zero attached hydrogens (tertiary/aromatic N) is 2. The lowest BCUT2D eigenvalue weighted by Gasteiger charge is -2.08. The fourth-order valence-electron chi connectivity index (χ4n) is 0.882. The van der Waals surface area contributed by atoms with Crippen LogP contribution in [0.2, 0.25) is 0 Å². The maximum Gasteiger partial charge on any atom is 0.202 e. The zero-order valence-electron chi connectivity index (χ0n) is 7.42. The van der Waals surface area contributed by atoms with Crippen LogP contribution in [0.25, 0.3) is 0 Å². The molecule has 0 fully saturated rings. The maximum atomic E-state index is 5.93. The van der Waals surface area contributed by atoms with Gasteiger partial charge in [-0.15, -0.1) is 11.6 Å². The second kappa shape index (κ2) is 4.36. The number of hydrogen-bond donors (Lipinski definition) is 1. The molecule has 1 aromatic heterocycles. The molecule has 1 heterocycles. The molecule has 1 atom stereocenters. The van der Waals surface area contributed by atoms with Crippen molar-refractivity contribution < 1.29 is 0 Å². The average Bonchev–Trinajstić information content (AvgIpc) is 2.47. The Morgan fingerprint density at radius 2 is 2.50 bits per heavy atom. The molecule has 0 aliphatic rings. The smallest absolute Gasteiger partial charge is 0.202 e. The normalized spacial score (nSPS) is 12.9. The minimum Gasteiger partial charge on any atom is -0.354 e. The lowest BCUT2D eigenvalue weighted by Crippen LogP contribution is -2.15. The van der Waals surface area contributed by atoms with Crippen LogP contribution in [0.3, 0.4) is 0 Å². The van der Waals surface area contributed by atoms with Crippen molar-refractivity contribution in [1.29, 1.82) is 0 Å². The van der Waals surface area contributed by atoms with Crippen molar-refractivity contribution >= 4 is 17.5 Å². The number of aromatic nitrogens is 2. The number of halogens is 1. The number of aryl methyl sites for hydroxylation is 1. The second-order valence-corrected chi connectivity index (χ2v) is 3.37. The Hall–Kier alpha value is -0.700. The Bertz CT molecular complexity index is 234. The zero-order chi connectivity index (χ0) is 8.97. The minimum absolute atomic E-state index is 0.182. The third kappa shape index (κ3) is 2.41. The van der Waals surface area contributed by atoms with Crippen LogP contribution in [0.15, 0.2) is 12.4 Å². The lowest BCUT2D eigenvalue weighted by molar-refractivity contribution is 0.820. The highest BCUT2D eigenvalue weighted by atomic mass is 35.5. The summed E-state index contributed by atoms with van der Waals surface area (Å²) in [5.74, 6) is 0.870. The molecule has 4 heteroatoms. The summed E-state index contributed by atoms with van der Waals surface area (Å²) < 4.78 is 1.93. The van der Waals surface area contributed by atoms with E-state index in [1.54, 1.807) is 6.20 Å². The van der Waals surface area contributed by atoms with Crippen LogP contribution in [-0.2, 0) is 7.05 Å². The predicted octanol–water partition coefficient (Wildman–Crippen LogP) is 1.85. The van der Waals surface area contributed by atoms with Gasteiger partial charge in [-0.2, -0.15) is 0 Å². The Morgan fingerprint density at radius 3 is 3.00 bits per heavy atom. The Kier molecular flexibility index (Phi) is 3.41. The molecular weight excluding hydrogens is 174 g/mol. The number of nitrogens with one attached hydrogen (secondary N) is 1. The van der Waals surface area contributed by atoms with Crippen LogP contribution >= 0.6 is 11.6 Å². The summed E-state index contributed by atoms with van der Waals surface area (Å²) in [6, 6.07) is 0. The van der Waals surface area contributed by atoms with E-state index in [0.717, 1.165) is 18.9 Å². The molecule has 0 aliphatic carbocycles. The van der Waals surface area contributed by atoms with Gasteiger partial charge >= 0.3 is 0 Å². The van der Waals surface area contributed by atoms with Gasteiger partial charge in [-0.05, 0) is 6.42 Å². The summed E-state index contributed by atoms with van der Waals surface area (Å²) in [4.78, 5) is 4.12. The van der Waals surface area contributed by atoms with Gasteiger partial charge in [0.1, 0.15) is 0 Å². The van der Waals surface area contributed by atoms with E-state index in [4.69, 9.17) is 11.6 Å². The van der Waals surface area contributed by atoms with Crippen LogP contribution in [0.1, 0.15) is 13.3 Å². The molecule has 12 heavy (non-hydrogen) atoms. The third-order valence-electron chi connectivity index (χ3n) is 1.75. The molecule has 1 unspecified atom stereocenters. The highest BCUT2D eigenvalue weighted by molar-refractivity contribution is 6.20. The van der Waals surface area contributed by atoms with Gasteiger partial charge in [-0.1, -0.05) is 6.92 Å². The molecule has 0 saturated heterocycles. The first-order valence-electron chi connectivity index (χ1n) is 4.09. The Labute approximate surface area is 77.7 Å². The van der Waals surface area contributed by atoms with Crippen molar-refractivity contribution in [3.8, 4) is 0 Å². The van der Waals surface area contributed by atoms with Gasteiger partial charge in [0.05, 0.1) is 5.38 Å². The zero-order valence-corrected chi connectivity index (χ0v) is 8.17. The van der Waals surface area contributed by atoms with E-state index in [9.17, 15) is 0 Å². The summed E-state index contributed by atoms with van der Waals surface area (Å²) in [5.41, 5.74) is 0. The van der Waals surface area contributed by atoms with Gasteiger partial charge in [0.2, 0.25) is 5.95 Å². The monoisotopic (exact) mass is 187 g/mol. The van der Waals surface area contributed by atoms with Gasteiger partial charge in [-0.3, -0.25) is 0 Å². The first kappa shape index (κ1) is 9.39. The summed E-state index contributed by atoms with van der Waals surface area (Å²) >= 11 is 5.93. The highest BCUT2D eigenvalue weighted by Gasteiger charge is 2.02. The Balaban J connectivity index is 2.38. The van der Waals surface area contributed by atoms with Gasteiger partial charge < -0.3 is 9.88 Å². The summed E-state index contributed by atoms with van der Waals surface area (Å²) in [5, 5.41) is 3.35. The maximum absolute atomic E-state index is 5.93. The first-order valence-corrected chi connectivity index (χ1v) is 4.53. The summed E-state index contributed by atoms with van der Waals surface area (Å²) in [6.07, 6.45) is 4.63. The molecule has 1 N–H and O–H groups in total. The van der Waals surface area contributed by atoms with E-state index >= 15 is 0 Å². The van der Waals surface area contributed by atoms with Crippen LogP contribution in [0.5, 0.6) is 0 Å². The molecule has 0 amide bonds. The van der Waals surface area contributed by atoms with Crippen LogP contribution in [0, 0.1) is 0 Å². The first-order chi connectivity index (χ1) is 5.74. The molecule has 0 aromatic carbocycles. The summed E-state index contributed by atoms with van der Waals surface area (Å²) in [6.45, 7) is 2.83. The van der Waals surface area contributed by atoms with Crippen molar-refractivity contribution in [3.63, 3.8) is 0 Å². The largest absolute Gasteiger partial charge is 0.354 e. The summed E-state index contributed by atoms with van der Waals surface area (Å²) in [7, 11) is 1.95. The van der Waals surface area contributed by atoms with Crippen molar-refractivity contribution in [2.45, 2.75) is 18.7 Å². The fourth-order valence-corrected chi connectivity index (χ4v) is 0.959. The molecule has 0 saturated carbocycles. The van der Waals surface area contributed by atoms with Gasteiger partial charge in [0.15, 0.2) is 0 Å². The highest BCUT2D eigenvalue weighted by Crippen LogP contribution is 2.04. The number of hydrogen-bond acceptors (Lipinski definition) is 2. The van der Waals surface area contributed by atoms with E-state index in [2.05, 4.69) is 17.2 Å². The third-order valence-corrected chi connectivity index (χ3v) is 2.21. The molecule has 68 valence electrons. The van der Waals surface area contributed by atoms with E-state index in [-0.39, 0.29) is 5.38 Å². The molecule has 0 radical (unpaired) electrons. The molecular formula is C8H14ClN3. The molecule has 0 spiro atoms. The van der Waals surface area contributed by atoms with E-state index < -0.39 is 0 Å². The van der Waals surface area contributed by atoms with Gasteiger partial charge in [0, 0.05) is 26.0 Å². The molecule has 0 bridgehead atoms. The van der Waals surface area contributed by atoms with E-state index in [1.807, 2.05) is 17.8 Å². The van der Waals surface area contributed by atoms with Crippen molar-refractivity contribution in [3.05, 3.63) is 12.4 Å². The molecule has 0 aliphatic heterocycles. The van der Waals surface area contributed by atoms with E-state index in [0.29, 0.717) is 0 Å². The average molecular weight is 188 g/mol. The van der Waals surface area contributed by atoms with Gasteiger partial charge in [-0.25, -0.2) is 4.98 Å². The van der Waals surface area contributed by atoms with Crippen molar-refractivity contribution in [1.82, 2.24) is 9.55 Å².